The first-order chi connectivity index (χ1) is 8.72. The van der Waals surface area contributed by atoms with Crippen molar-refractivity contribution in [2.45, 2.75) is 5.16 Å². The minimum atomic E-state index is 0.0363. The topological polar surface area (TPSA) is 80.0 Å². The highest BCUT2D eigenvalue weighted by Crippen LogP contribution is 2.32. The summed E-state index contributed by atoms with van der Waals surface area (Å²) in [5.74, 6) is 0.637. The SMILES string of the molecule is COc1ccc(O)c(N=Nc2nc(SC)ns2)c1. The van der Waals surface area contributed by atoms with Gasteiger partial charge in [0.1, 0.15) is 17.2 Å². The second-order valence-electron chi connectivity index (χ2n) is 3.12. The number of rotatable bonds is 4. The number of methoxy groups -OCH3 is 1. The molecule has 0 aliphatic heterocycles. The van der Waals surface area contributed by atoms with E-state index >= 15 is 0 Å². The summed E-state index contributed by atoms with van der Waals surface area (Å²) >= 11 is 2.59. The van der Waals surface area contributed by atoms with E-state index in [1.165, 1.54) is 17.8 Å². The summed E-state index contributed by atoms with van der Waals surface area (Å²) in [5, 5.41) is 18.6. The highest BCUT2D eigenvalue weighted by Gasteiger charge is 2.04. The Bertz CT molecular complexity index is 571. The van der Waals surface area contributed by atoms with Crippen molar-refractivity contribution in [3.63, 3.8) is 0 Å². The van der Waals surface area contributed by atoms with E-state index in [0.29, 0.717) is 21.7 Å². The van der Waals surface area contributed by atoms with Gasteiger partial charge in [0.05, 0.1) is 7.11 Å². The van der Waals surface area contributed by atoms with Gasteiger partial charge in [-0.3, -0.25) is 0 Å². The van der Waals surface area contributed by atoms with Crippen LogP contribution in [0.1, 0.15) is 0 Å². The smallest absolute Gasteiger partial charge is 0.250 e. The molecule has 0 bridgehead atoms. The monoisotopic (exact) mass is 282 g/mol. The molecule has 0 aliphatic rings. The van der Waals surface area contributed by atoms with Crippen molar-refractivity contribution in [3.05, 3.63) is 18.2 Å². The summed E-state index contributed by atoms with van der Waals surface area (Å²) in [4.78, 5) is 4.11. The molecule has 1 heterocycles. The average molecular weight is 282 g/mol. The number of phenolic OH excluding ortho intramolecular Hbond substituents is 1. The Morgan fingerprint density at radius 1 is 1.39 bits per heavy atom. The first kappa shape index (κ1) is 12.8. The number of aromatic hydroxyl groups is 1. The van der Waals surface area contributed by atoms with Gasteiger partial charge >= 0.3 is 0 Å². The first-order valence-corrected chi connectivity index (χ1v) is 6.89. The van der Waals surface area contributed by atoms with Gasteiger partial charge in [-0.15, -0.1) is 10.2 Å². The maximum Gasteiger partial charge on any atom is 0.250 e. The van der Waals surface area contributed by atoms with E-state index in [1.54, 1.807) is 19.2 Å². The second-order valence-corrected chi connectivity index (χ2v) is 4.62. The Morgan fingerprint density at radius 3 is 2.89 bits per heavy atom. The third-order valence-corrected chi connectivity index (χ3v) is 3.27. The van der Waals surface area contributed by atoms with Crippen LogP contribution in [0.5, 0.6) is 11.5 Å². The lowest BCUT2D eigenvalue weighted by atomic mass is 10.3. The van der Waals surface area contributed by atoms with Crippen LogP contribution in [0.2, 0.25) is 0 Å². The number of thioether (sulfide) groups is 1. The molecule has 94 valence electrons. The Hall–Kier alpha value is -1.67. The lowest BCUT2D eigenvalue weighted by Gasteiger charge is -2.01. The number of azo groups is 1. The van der Waals surface area contributed by atoms with Crippen molar-refractivity contribution < 1.29 is 9.84 Å². The largest absolute Gasteiger partial charge is 0.506 e. The fraction of sp³-hybridized carbons (Fsp3) is 0.200. The molecule has 0 radical (unpaired) electrons. The molecule has 0 atom stereocenters. The summed E-state index contributed by atoms with van der Waals surface area (Å²) < 4.78 is 9.10. The standard InChI is InChI=1S/C10H10N4O2S2/c1-16-6-3-4-8(15)7(5-6)12-13-9-11-10(17-2)14-18-9/h3-5,15H,1-2H3. The first-order valence-electron chi connectivity index (χ1n) is 4.89. The lowest BCUT2D eigenvalue weighted by Crippen LogP contribution is -1.80. The van der Waals surface area contributed by atoms with Crippen molar-refractivity contribution in [1.29, 1.82) is 0 Å². The van der Waals surface area contributed by atoms with E-state index in [2.05, 4.69) is 19.6 Å². The zero-order chi connectivity index (χ0) is 13.0. The van der Waals surface area contributed by atoms with Crippen molar-refractivity contribution in [3.8, 4) is 11.5 Å². The molecule has 6 nitrogen and oxygen atoms in total. The molecule has 1 aromatic heterocycles. The molecular weight excluding hydrogens is 272 g/mol. The highest BCUT2D eigenvalue weighted by atomic mass is 32.2. The Morgan fingerprint density at radius 2 is 2.22 bits per heavy atom. The summed E-state index contributed by atoms with van der Waals surface area (Å²) in [5.41, 5.74) is 0.329. The van der Waals surface area contributed by atoms with Crippen LogP contribution in [0.4, 0.5) is 10.8 Å². The van der Waals surface area contributed by atoms with Crippen molar-refractivity contribution in [2.75, 3.05) is 13.4 Å². The molecule has 0 saturated heterocycles. The van der Waals surface area contributed by atoms with Crippen LogP contribution in [0.3, 0.4) is 0 Å². The summed E-state index contributed by atoms with van der Waals surface area (Å²) in [7, 11) is 1.54. The quantitative estimate of drug-likeness (QED) is 0.686. The molecular formula is C10H10N4O2S2. The maximum atomic E-state index is 9.61. The lowest BCUT2D eigenvalue weighted by molar-refractivity contribution is 0.412. The molecule has 0 aliphatic carbocycles. The van der Waals surface area contributed by atoms with Gasteiger partial charge < -0.3 is 9.84 Å². The minimum absolute atomic E-state index is 0.0363. The molecule has 18 heavy (non-hydrogen) atoms. The molecule has 8 heteroatoms. The van der Waals surface area contributed by atoms with Gasteiger partial charge in [0.2, 0.25) is 10.3 Å². The Labute approximate surface area is 112 Å². The maximum absolute atomic E-state index is 9.61. The van der Waals surface area contributed by atoms with E-state index < -0.39 is 0 Å². The van der Waals surface area contributed by atoms with Crippen LogP contribution in [-0.2, 0) is 0 Å². The van der Waals surface area contributed by atoms with Crippen molar-refractivity contribution in [1.82, 2.24) is 9.36 Å². The molecule has 1 N–H and O–H groups in total. The third-order valence-electron chi connectivity index (χ3n) is 2.01. The van der Waals surface area contributed by atoms with Crippen LogP contribution < -0.4 is 4.74 Å². The average Bonchev–Trinajstić information content (AvgIpc) is 2.86. The highest BCUT2D eigenvalue weighted by molar-refractivity contribution is 7.98. The van der Waals surface area contributed by atoms with Crippen LogP contribution in [-0.4, -0.2) is 27.8 Å². The van der Waals surface area contributed by atoms with E-state index in [9.17, 15) is 5.11 Å². The number of ether oxygens (including phenoxy) is 1. The van der Waals surface area contributed by atoms with E-state index in [0.717, 1.165) is 11.5 Å². The third kappa shape index (κ3) is 2.96. The van der Waals surface area contributed by atoms with Crippen LogP contribution in [0, 0.1) is 0 Å². The number of aromatic nitrogens is 2. The van der Waals surface area contributed by atoms with Gasteiger partial charge in [-0.05, 0) is 18.4 Å². The molecule has 0 saturated carbocycles. The Balaban J connectivity index is 2.22. The predicted octanol–water partition coefficient (Wildman–Crippen LogP) is 3.39. The van der Waals surface area contributed by atoms with Gasteiger partial charge in [0.25, 0.3) is 0 Å². The molecule has 0 fully saturated rings. The van der Waals surface area contributed by atoms with Gasteiger partial charge in [0, 0.05) is 17.6 Å². The molecule has 1 aromatic carbocycles. The molecule has 0 unspecified atom stereocenters. The molecule has 0 spiro atoms. The Kier molecular flexibility index (Phi) is 4.11. The summed E-state index contributed by atoms with van der Waals surface area (Å²) in [6.45, 7) is 0. The number of hydrogen-bond donors (Lipinski definition) is 1. The zero-order valence-electron chi connectivity index (χ0n) is 9.69. The van der Waals surface area contributed by atoms with Crippen LogP contribution in [0.15, 0.2) is 33.6 Å². The van der Waals surface area contributed by atoms with Gasteiger partial charge in [-0.25, -0.2) is 0 Å². The summed E-state index contributed by atoms with van der Waals surface area (Å²) in [6, 6.07) is 4.74. The number of nitrogens with zero attached hydrogens (tertiary/aromatic N) is 4. The van der Waals surface area contributed by atoms with Gasteiger partial charge in [0.15, 0.2) is 0 Å². The number of benzene rings is 1. The van der Waals surface area contributed by atoms with Gasteiger partial charge in [-0.2, -0.15) is 9.36 Å². The van der Waals surface area contributed by atoms with E-state index in [-0.39, 0.29) is 5.75 Å². The minimum Gasteiger partial charge on any atom is -0.506 e. The second kappa shape index (κ2) is 5.78. The number of phenols is 1. The molecule has 2 aromatic rings. The van der Waals surface area contributed by atoms with E-state index in [4.69, 9.17) is 4.74 Å². The van der Waals surface area contributed by atoms with Gasteiger partial charge in [-0.1, -0.05) is 11.8 Å². The van der Waals surface area contributed by atoms with Crippen molar-refractivity contribution >= 4 is 34.1 Å². The van der Waals surface area contributed by atoms with E-state index in [1.807, 2.05) is 6.26 Å². The fourth-order valence-electron chi connectivity index (χ4n) is 1.13. The molecule has 2 rings (SSSR count). The van der Waals surface area contributed by atoms with Crippen molar-refractivity contribution in [2.24, 2.45) is 10.2 Å². The fourth-order valence-corrected chi connectivity index (χ4v) is 2.18. The number of hydrogen-bond acceptors (Lipinski definition) is 8. The zero-order valence-corrected chi connectivity index (χ0v) is 11.3. The van der Waals surface area contributed by atoms with Crippen LogP contribution in [0.25, 0.3) is 0 Å². The predicted molar refractivity (Wildman–Crippen MR) is 70.5 cm³/mol. The molecule has 0 amide bonds. The summed E-state index contributed by atoms with van der Waals surface area (Å²) in [6.07, 6.45) is 1.89. The van der Waals surface area contributed by atoms with Crippen LogP contribution >= 0.6 is 23.3 Å². The normalized spacial score (nSPS) is 11.0.